The number of hydrogen-bond acceptors (Lipinski definition) is 4. The van der Waals surface area contributed by atoms with Gasteiger partial charge in [0.05, 0.1) is 10.7 Å². The van der Waals surface area contributed by atoms with Crippen LogP contribution >= 0.6 is 0 Å². The Hall–Kier alpha value is -1.63. The van der Waals surface area contributed by atoms with Gasteiger partial charge in [-0.2, -0.15) is 0 Å². The number of hydrogen-bond donors (Lipinski definition) is 1. The molecule has 0 atom stereocenters. The van der Waals surface area contributed by atoms with E-state index >= 15 is 0 Å². The largest absolute Gasteiger partial charge is 0.284 e. The Kier molecular flexibility index (Phi) is 3.25. The highest BCUT2D eigenvalue weighted by Crippen LogP contribution is 2.16. The fraction of sp³-hybridized carbons (Fsp3) is 0.250. The highest BCUT2D eigenvalue weighted by atomic mass is 32.2. The Labute approximate surface area is 87.1 Å². The van der Waals surface area contributed by atoms with Crippen LogP contribution in [-0.2, 0) is 10.0 Å². The summed E-state index contributed by atoms with van der Waals surface area (Å²) >= 11 is 0. The van der Waals surface area contributed by atoms with E-state index in [1.54, 1.807) is 0 Å². The summed E-state index contributed by atoms with van der Waals surface area (Å²) in [5.41, 5.74) is 0.247. The monoisotopic (exact) mass is 230 g/mol. The Morgan fingerprint density at radius 2 is 1.87 bits per heavy atom. The average Bonchev–Trinajstić information content (AvgIpc) is 2.18. The van der Waals surface area contributed by atoms with Crippen molar-refractivity contribution in [2.75, 3.05) is 10.5 Å². The number of anilines is 1. The molecule has 82 valence electrons. The Morgan fingerprint density at radius 3 is 2.27 bits per heavy atom. The Morgan fingerprint density at radius 1 is 1.33 bits per heavy atom. The van der Waals surface area contributed by atoms with Gasteiger partial charge in [0.15, 0.2) is 0 Å². The van der Waals surface area contributed by atoms with Crippen molar-refractivity contribution in [1.29, 1.82) is 0 Å². The number of nitro benzene ring substituents is 1. The molecule has 0 heterocycles. The molecule has 0 amide bonds. The molecule has 0 saturated carbocycles. The van der Waals surface area contributed by atoms with Crippen LogP contribution in [0.3, 0.4) is 0 Å². The van der Waals surface area contributed by atoms with Gasteiger partial charge in [-0.1, -0.05) is 0 Å². The maximum Gasteiger partial charge on any atom is 0.269 e. The summed E-state index contributed by atoms with van der Waals surface area (Å²) in [7, 11) is -3.33. The van der Waals surface area contributed by atoms with E-state index in [1.807, 2.05) is 0 Å². The minimum atomic E-state index is -3.33. The topological polar surface area (TPSA) is 89.3 Å². The Balaban J connectivity index is 2.86. The fourth-order valence-electron chi connectivity index (χ4n) is 0.903. The third-order valence-corrected chi connectivity index (χ3v) is 3.04. The molecular weight excluding hydrogens is 220 g/mol. The second-order valence-electron chi connectivity index (χ2n) is 2.81. The lowest BCUT2D eigenvalue weighted by Crippen LogP contribution is -2.14. The van der Waals surface area contributed by atoms with Gasteiger partial charge in [-0.3, -0.25) is 14.8 Å². The lowest BCUT2D eigenvalue weighted by molar-refractivity contribution is -0.384. The summed E-state index contributed by atoms with van der Waals surface area (Å²) in [6.45, 7) is 1.51. The molecule has 0 spiro atoms. The first-order valence-corrected chi connectivity index (χ1v) is 5.85. The van der Waals surface area contributed by atoms with E-state index in [0.29, 0.717) is 5.69 Å². The normalized spacial score (nSPS) is 11.0. The summed E-state index contributed by atoms with van der Waals surface area (Å²) in [4.78, 5) is 9.78. The van der Waals surface area contributed by atoms with Crippen LogP contribution in [0.25, 0.3) is 0 Å². The fourth-order valence-corrected chi connectivity index (χ4v) is 1.54. The van der Waals surface area contributed by atoms with Crippen LogP contribution < -0.4 is 4.72 Å². The molecule has 1 aromatic carbocycles. The number of rotatable bonds is 4. The molecule has 0 aliphatic rings. The van der Waals surface area contributed by atoms with Crippen LogP contribution in [0.2, 0.25) is 0 Å². The van der Waals surface area contributed by atoms with Crippen molar-refractivity contribution in [2.24, 2.45) is 0 Å². The maximum absolute atomic E-state index is 11.1. The predicted octanol–water partition coefficient (Wildman–Crippen LogP) is 1.36. The zero-order chi connectivity index (χ0) is 11.5. The van der Waals surface area contributed by atoms with Crippen LogP contribution in [0.4, 0.5) is 11.4 Å². The number of benzene rings is 1. The van der Waals surface area contributed by atoms with E-state index in [0.717, 1.165) is 0 Å². The minimum absolute atomic E-state index is 0.0377. The number of nitrogens with zero attached hydrogens (tertiary/aromatic N) is 1. The molecule has 0 aliphatic heterocycles. The minimum Gasteiger partial charge on any atom is -0.284 e. The molecule has 0 fully saturated rings. The Bertz CT molecular complexity index is 452. The van der Waals surface area contributed by atoms with Gasteiger partial charge in [-0.15, -0.1) is 0 Å². The molecule has 0 aliphatic carbocycles. The van der Waals surface area contributed by atoms with Crippen molar-refractivity contribution in [3.05, 3.63) is 34.4 Å². The summed E-state index contributed by atoms with van der Waals surface area (Å²) in [5.74, 6) is -0.0377. The van der Waals surface area contributed by atoms with Crippen molar-refractivity contribution in [2.45, 2.75) is 6.92 Å². The lowest BCUT2D eigenvalue weighted by atomic mass is 10.3. The number of sulfonamides is 1. The van der Waals surface area contributed by atoms with Crippen molar-refractivity contribution < 1.29 is 13.3 Å². The summed E-state index contributed by atoms with van der Waals surface area (Å²) < 4.78 is 24.6. The molecule has 0 unspecified atom stereocenters. The smallest absolute Gasteiger partial charge is 0.269 e. The van der Waals surface area contributed by atoms with Gasteiger partial charge in [-0.05, 0) is 19.1 Å². The van der Waals surface area contributed by atoms with E-state index < -0.39 is 14.9 Å². The van der Waals surface area contributed by atoms with E-state index in [4.69, 9.17) is 0 Å². The molecular formula is C8H10N2O4S. The SMILES string of the molecule is CCS(=O)(=O)Nc1ccc([N+](=O)[O-])cc1. The van der Waals surface area contributed by atoms with Crippen LogP contribution in [0, 0.1) is 10.1 Å². The first-order chi connectivity index (χ1) is 6.94. The second kappa shape index (κ2) is 4.26. The van der Waals surface area contributed by atoms with E-state index in [9.17, 15) is 18.5 Å². The van der Waals surface area contributed by atoms with Crippen molar-refractivity contribution in [1.82, 2.24) is 0 Å². The van der Waals surface area contributed by atoms with E-state index in [2.05, 4.69) is 4.72 Å². The maximum atomic E-state index is 11.1. The van der Waals surface area contributed by atoms with Gasteiger partial charge >= 0.3 is 0 Å². The van der Waals surface area contributed by atoms with Crippen LogP contribution in [0.5, 0.6) is 0 Å². The molecule has 1 N–H and O–H groups in total. The third-order valence-electron chi connectivity index (χ3n) is 1.73. The van der Waals surface area contributed by atoms with Crippen molar-refractivity contribution >= 4 is 21.4 Å². The standard InChI is InChI=1S/C8H10N2O4S/c1-2-15(13,14)9-7-3-5-8(6-4-7)10(11)12/h3-6,9H,2H2,1H3. The van der Waals surface area contributed by atoms with Crippen molar-refractivity contribution in [3.63, 3.8) is 0 Å². The highest BCUT2D eigenvalue weighted by molar-refractivity contribution is 7.92. The molecule has 0 aromatic heterocycles. The zero-order valence-electron chi connectivity index (χ0n) is 8.00. The van der Waals surface area contributed by atoms with Gasteiger partial charge in [0.2, 0.25) is 10.0 Å². The van der Waals surface area contributed by atoms with Gasteiger partial charge in [-0.25, -0.2) is 8.42 Å². The van der Waals surface area contributed by atoms with Gasteiger partial charge in [0.1, 0.15) is 0 Å². The third kappa shape index (κ3) is 3.21. The molecule has 1 aromatic rings. The quantitative estimate of drug-likeness (QED) is 0.624. The van der Waals surface area contributed by atoms with Gasteiger partial charge < -0.3 is 0 Å². The first kappa shape index (κ1) is 11.4. The second-order valence-corrected chi connectivity index (χ2v) is 4.82. The van der Waals surface area contributed by atoms with Crippen LogP contribution in [0.1, 0.15) is 6.92 Å². The van der Waals surface area contributed by atoms with Gasteiger partial charge in [0.25, 0.3) is 5.69 Å². The van der Waals surface area contributed by atoms with Crippen LogP contribution in [-0.4, -0.2) is 19.1 Å². The molecule has 0 radical (unpaired) electrons. The summed E-state index contributed by atoms with van der Waals surface area (Å²) in [5, 5.41) is 10.3. The lowest BCUT2D eigenvalue weighted by Gasteiger charge is -2.04. The number of nitro groups is 1. The average molecular weight is 230 g/mol. The predicted molar refractivity (Wildman–Crippen MR) is 56.2 cm³/mol. The molecule has 7 heteroatoms. The highest BCUT2D eigenvalue weighted by Gasteiger charge is 2.08. The zero-order valence-corrected chi connectivity index (χ0v) is 8.82. The van der Waals surface area contributed by atoms with E-state index in [1.165, 1.54) is 31.2 Å². The van der Waals surface area contributed by atoms with Gasteiger partial charge in [0, 0.05) is 17.8 Å². The number of non-ortho nitro benzene ring substituents is 1. The molecule has 1 rings (SSSR count). The first-order valence-electron chi connectivity index (χ1n) is 4.19. The molecule has 0 saturated heterocycles. The molecule has 6 nitrogen and oxygen atoms in total. The van der Waals surface area contributed by atoms with Crippen molar-refractivity contribution in [3.8, 4) is 0 Å². The molecule has 15 heavy (non-hydrogen) atoms. The summed E-state index contributed by atoms with van der Waals surface area (Å²) in [6, 6.07) is 5.19. The molecule has 0 bridgehead atoms. The van der Waals surface area contributed by atoms with Crippen LogP contribution in [0.15, 0.2) is 24.3 Å². The van der Waals surface area contributed by atoms with E-state index in [-0.39, 0.29) is 11.4 Å². The number of nitrogens with one attached hydrogen (secondary N) is 1. The summed E-state index contributed by atoms with van der Waals surface area (Å²) in [6.07, 6.45) is 0.